The molecule has 2 N–H and O–H groups in total. The van der Waals surface area contributed by atoms with E-state index in [9.17, 15) is 9.59 Å². The molecular formula is C19H21ClN4O2. The molecule has 0 bridgehead atoms. The minimum atomic E-state index is -0.0688. The molecule has 2 aromatic rings. The molecule has 2 aliphatic rings. The number of hydrogen-bond donors (Lipinski definition) is 2. The number of nitrogens with one attached hydrogen (secondary N) is 2. The van der Waals surface area contributed by atoms with Crippen LogP contribution in [0.15, 0.2) is 30.3 Å². The molecule has 2 fully saturated rings. The van der Waals surface area contributed by atoms with Crippen LogP contribution in [0, 0.1) is 11.8 Å². The van der Waals surface area contributed by atoms with E-state index in [1.165, 1.54) is 0 Å². The number of carbonyl (C=O) groups excluding carboxylic acids is 2. The zero-order valence-electron chi connectivity index (χ0n) is 14.5. The summed E-state index contributed by atoms with van der Waals surface area (Å²) < 4.78 is 0. The summed E-state index contributed by atoms with van der Waals surface area (Å²) in [6.07, 6.45) is 2.40. The summed E-state index contributed by atoms with van der Waals surface area (Å²) in [5, 5.41) is 10.7. The number of aromatic nitrogens is 2. The summed E-state index contributed by atoms with van der Waals surface area (Å²) in [7, 11) is 1.84. The van der Waals surface area contributed by atoms with Gasteiger partial charge in [0.25, 0.3) is 5.91 Å². The average molecular weight is 373 g/mol. The van der Waals surface area contributed by atoms with Gasteiger partial charge in [-0.1, -0.05) is 23.7 Å². The van der Waals surface area contributed by atoms with Gasteiger partial charge in [-0.3, -0.25) is 14.7 Å². The minimum Gasteiger partial charge on any atom is -0.356 e. The highest BCUT2D eigenvalue weighted by Gasteiger charge is 2.40. The largest absolute Gasteiger partial charge is 0.356 e. The Morgan fingerprint density at radius 3 is 2.73 bits per heavy atom. The monoisotopic (exact) mass is 372 g/mol. The van der Waals surface area contributed by atoms with E-state index >= 15 is 0 Å². The number of fused-ring (bicyclic) bond motifs is 1. The van der Waals surface area contributed by atoms with E-state index in [-0.39, 0.29) is 17.9 Å². The van der Waals surface area contributed by atoms with Gasteiger partial charge >= 0.3 is 0 Å². The molecule has 1 saturated carbocycles. The van der Waals surface area contributed by atoms with Gasteiger partial charge in [-0.05, 0) is 42.9 Å². The molecule has 1 aromatic heterocycles. The fraction of sp³-hybridized carbons (Fsp3) is 0.421. The fourth-order valence-corrected chi connectivity index (χ4v) is 4.23. The third-order valence-electron chi connectivity index (χ3n) is 5.64. The Morgan fingerprint density at radius 2 is 1.96 bits per heavy atom. The molecule has 4 rings (SSSR count). The van der Waals surface area contributed by atoms with Crippen LogP contribution >= 0.6 is 11.6 Å². The number of halogens is 1. The van der Waals surface area contributed by atoms with Crippen molar-refractivity contribution in [1.29, 1.82) is 0 Å². The molecule has 3 atom stereocenters. The Hall–Kier alpha value is -2.34. The zero-order valence-corrected chi connectivity index (χ0v) is 15.3. The molecule has 6 nitrogen and oxygen atoms in total. The lowest BCUT2D eigenvalue weighted by Gasteiger charge is -2.24. The van der Waals surface area contributed by atoms with Crippen molar-refractivity contribution in [2.45, 2.75) is 25.3 Å². The predicted molar refractivity (Wildman–Crippen MR) is 98.8 cm³/mol. The maximum Gasteiger partial charge on any atom is 0.271 e. The molecule has 2 heterocycles. The standard InChI is InChI=1S/C19H21ClN4O2/c1-24(15-6-12-8-18(25)21-10-13(12)7-15)19(26)17-9-16(22-23-17)11-2-4-14(20)5-3-11/h2-5,9,12-13,15H,6-8,10H2,1H3,(H,21,25)(H,22,23)/t12-,13+,15-/m1/s1. The normalized spacial score (nSPS) is 24.8. The van der Waals surface area contributed by atoms with E-state index < -0.39 is 0 Å². The van der Waals surface area contributed by atoms with E-state index in [1.807, 2.05) is 19.2 Å². The Kier molecular flexibility index (Phi) is 4.44. The summed E-state index contributed by atoms with van der Waals surface area (Å²) in [5.41, 5.74) is 2.10. The van der Waals surface area contributed by atoms with Gasteiger partial charge in [0.1, 0.15) is 5.69 Å². The first kappa shape index (κ1) is 17.1. The molecule has 1 aliphatic carbocycles. The predicted octanol–water partition coefficient (Wildman–Crippen LogP) is 2.72. The number of piperidine rings is 1. The maximum atomic E-state index is 12.9. The van der Waals surface area contributed by atoms with Gasteiger partial charge in [0, 0.05) is 36.6 Å². The lowest BCUT2D eigenvalue weighted by molar-refractivity contribution is -0.124. The number of H-pyrrole nitrogens is 1. The van der Waals surface area contributed by atoms with E-state index in [0.717, 1.165) is 24.9 Å². The number of nitrogens with zero attached hydrogens (tertiary/aromatic N) is 2. The number of amides is 2. The van der Waals surface area contributed by atoms with Gasteiger partial charge in [0.05, 0.1) is 5.69 Å². The third kappa shape index (κ3) is 3.21. The van der Waals surface area contributed by atoms with Crippen molar-refractivity contribution in [3.63, 3.8) is 0 Å². The van der Waals surface area contributed by atoms with Crippen molar-refractivity contribution in [3.8, 4) is 11.3 Å². The van der Waals surface area contributed by atoms with Crippen molar-refractivity contribution >= 4 is 23.4 Å². The number of aromatic amines is 1. The quantitative estimate of drug-likeness (QED) is 0.869. The highest BCUT2D eigenvalue weighted by atomic mass is 35.5. The fourth-order valence-electron chi connectivity index (χ4n) is 4.11. The molecule has 136 valence electrons. The second-order valence-electron chi connectivity index (χ2n) is 7.24. The Bertz CT molecular complexity index is 832. The molecule has 26 heavy (non-hydrogen) atoms. The lowest BCUT2D eigenvalue weighted by atomic mass is 9.89. The first-order valence-electron chi connectivity index (χ1n) is 8.86. The smallest absolute Gasteiger partial charge is 0.271 e. The first-order chi connectivity index (χ1) is 12.5. The van der Waals surface area contributed by atoms with Crippen LogP contribution < -0.4 is 5.32 Å². The molecule has 1 aliphatic heterocycles. The average Bonchev–Trinajstić information content (AvgIpc) is 3.27. The van der Waals surface area contributed by atoms with Crippen molar-refractivity contribution in [1.82, 2.24) is 20.4 Å². The van der Waals surface area contributed by atoms with Crippen LogP contribution in [0.5, 0.6) is 0 Å². The molecule has 2 amide bonds. The maximum absolute atomic E-state index is 12.9. The molecule has 0 spiro atoms. The van der Waals surface area contributed by atoms with Gasteiger partial charge in [0.15, 0.2) is 0 Å². The van der Waals surface area contributed by atoms with Gasteiger partial charge in [-0.15, -0.1) is 0 Å². The van der Waals surface area contributed by atoms with E-state index in [0.29, 0.717) is 34.7 Å². The molecule has 1 saturated heterocycles. The van der Waals surface area contributed by atoms with Crippen LogP contribution in [-0.4, -0.2) is 46.5 Å². The molecule has 1 aromatic carbocycles. The molecule has 0 radical (unpaired) electrons. The van der Waals surface area contributed by atoms with Crippen LogP contribution in [0.3, 0.4) is 0 Å². The third-order valence-corrected chi connectivity index (χ3v) is 5.89. The Morgan fingerprint density at radius 1 is 1.23 bits per heavy atom. The summed E-state index contributed by atoms with van der Waals surface area (Å²) >= 11 is 5.92. The topological polar surface area (TPSA) is 78.1 Å². The van der Waals surface area contributed by atoms with Crippen LogP contribution in [0.4, 0.5) is 0 Å². The summed E-state index contributed by atoms with van der Waals surface area (Å²) in [4.78, 5) is 26.2. The van der Waals surface area contributed by atoms with Crippen LogP contribution in [-0.2, 0) is 4.79 Å². The van der Waals surface area contributed by atoms with Gasteiger partial charge in [-0.25, -0.2) is 0 Å². The van der Waals surface area contributed by atoms with Gasteiger partial charge in [-0.2, -0.15) is 5.10 Å². The second-order valence-corrected chi connectivity index (χ2v) is 7.68. The SMILES string of the molecule is CN(C(=O)c1cc(-c2ccc(Cl)cc2)n[nH]1)[C@H]1C[C@H]2CNC(=O)C[C@H]2C1. The summed E-state index contributed by atoms with van der Waals surface area (Å²) in [6, 6.07) is 9.29. The van der Waals surface area contributed by atoms with Crippen LogP contribution in [0.25, 0.3) is 11.3 Å². The molecular weight excluding hydrogens is 352 g/mol. The zero-order chi connectivity index (χ0) is 18.3. The Balaban J connectivity index is 1.46. The summed E-state index contributed by atoms with van der Waals surface area (Å²) in [5.74, 6) is 0.914. The molecule has 0 unspecified atom stereocenters. The second kappa shape index (κ2) is 6.76. The number of hydrogen-bond acceptors (Lipinski definition) is 3. The van der Waals surface area contributed by atoms with Crippen molar-refractivity contribution in [3.05, 3.63) is 41.0 Å². The summed E-state index contributed by atoms with van der Waals surface area (Å²) in [6.45, 7) is 0.729. The highest BCUT2D eigenvalue weighted by Crippen LogP contribution is 2.38. The number of benzene rings is 1. The van der Waals surface area contributed by atoms with Gasteiger partial charge < -0.3 is 10.2 Å². The number of carbonyl (C=O) groups is 2. The Labute approximate surface area is 156 Å². The van der Waals surface area contributed by atoms with Crippen molar-refractivity contribution in [2.75, 3.05) is 13.6 Å². The van der Waals surface area contributed by atoms with E-state index in [4.69, 9.17) is 11.6 Å². The van der Waals surface area contributed by atoms with Crippen LogP contribution in [0.2, 0.25) is 5.02 Å². The number of rotatable bonds is 3. The van der Waals surface area contributed by atoms with Crippen molar-refractivity contribution < 1.29 is 9.59 Å². The highest BCUT2D eigenvalue weighted by molar-refractivity contribution is 6.30. The van der Waals surface area contributed by atoms with Gasteiger partial charge in [0.2, 0.25) is 5.91 Å². The van der Waals surface area contributed by atoms with Crippen LogP contribution in [0.1, 0.15) is 29.8 Å². The van der Waals surface area contributed by atoms with Crippen molar-refractivity contribution in [2.24, 2.45) is 11.8 Å². The minimum absolute atomic E-state index is 0.0688. The van der Waals surface area contributed by atoms with E-state index in [2.05, 4.69) is 15.5 Å². The molecule has 7 heteroatoms. The lowest BCUT2D eigenvalue weighted by Crippen LogP contribution is -2.38. The van der Waals surface area contributed by atoms with E-state index in [1.54, 1.807) is 23.1 Å². The first-order valence-corrected chi connectivity index (χ1v) is 9.24.